The Morgan fingerprint density at radius 3 is 2.83 bits per heavy atom. The summed E-state index contributed by atoms with van der Waals surface area (Å²) in [6.45, 7) is 2.74. The minimum Gasteiger partial charge on any atom is -0.492 e. The van der Waals surface area contributed by atoms with Crippen molar-refractivity contribution in [1.29, 1.82) is 0 Å². The van der Waals surface area contributed by atoms with Crippen molar-refractivity contribution in [3.63, 3.8) is 0 Å². The summed E-state index contributed by atoms with van der Waals surface area (Å²) in [5.41, 5.74) is 1.36. The molecule has 0 bridgehead atoms. The summed E-state index contributed by atoms with van der Waals surface area (Å²) in [5, 5.41) is 5.70. The Kier molecular flexibility index (Phi) is 3.49. The fourth-order valence-corrected chi connectivity index (χ4v) is 3.70. The topological polar surface area (TPSA) is 76.7 Å². The van der Waals surface area contributed by atoms with Gasteiger partial charge in [-0.2, -0.15) is 0 Å². The van der Waals surface area contributed by atoms with Crippen molar-refractivity contribution in [1.82, 2.24) is 10.6 Å². The molecule has 122 valence electrons. The molecule has 1 aromatic carbocycles. The number of carbonyl (C=O) groups is 2. The maximum absolute atomic E-state index is 11.8. The Morgan fingerprint density at radius 2 is 2.04 bits per heavy atom. The van der Waals surface area contributed by atoms with Gasteiger partial charge >= 0.3 is 0 Å². The summed E-state index contributed by atoms with van der Waals surface area (Å²) < 4.78 is 11.7. The van der Waals surface area contributed by atoms with E-state index in [4.69, 9.17) is 9.47 Å². The molecule has 2 fully saturated rings. The molecule has 0 aliphatic carbocycles. The Morgan fingerprint density at radius 1 is 1.22 bits per heavy atom. The van der Waals surface area contributed by atoms with Gasteiger partial charge in [-0.15, -0.1) is 0 Å². The Balaban J connectivity index is 1.52. The van der Waals surface area contributed by atoms with Crippen LogP contribution in [0.5, 0.6) is 11.5 Å². The highest BCUT2D eigenvalue weighted by molar-refractivity contribution is 5.99. The maximum atomic E-state index is 11.8. The van der Waals surface area contributed by atoms with E-state index in [0.29, 0.717) is 25.2 Å². The van der Waals surface area contributed by atoms with E-state index >= 15 is 0 Å². The van der Waals surface area contributed by atoms with Gasteiger partial charge in [0.15, 0.2) is 6.10 Å². The molecule has 0 unspecified atom stereocenters. The fraction of sp³-hybridized carbons (Fsp3) is 0.529. The van der Waals surface area contributed by atoms with E-state index in [-0.39, 0.29) is 17.2 Å². The third kappa shape index (κ3) is 2.57. The van der Waals surface area contributed by atoms with E-state index < -0.39 is 6.10 Å². The van der Waals surface area contributed by atoms with Gasteiger partial charge in [0.1, 0.15) is 11.5 Å². The lowest BCUT2D eigenvalue weighted by Gasteiger charge is -2.32. The van der Waals surface area contributed by atoms with E-state index in [0.717, 1.165) is 31.7 Å². The van der Waals surface area contributed by atoms with E-state index in [2.05, 4.69) is 16.7 Å². The number of carbonyl (C=O) groups excluding carboxylic acids is 2. The van der Waals surface area contributed by atoms with E-state index in [1.165, 1.54) is 5.56 Å². The molecule has 1 atom stereocenters. The normalized spacial score (nSPS) is 25.7. The Labute approximate surface area is 134 Å². The SMILES string of the molecule is O=C1CC[C@H](Oc2ccc3c(c2)OCC32CCNCC2)C(=O)N1. The number of imide groups is 1. The first kappa shape index (κ1) is 14.5. The molecule has 3 aliphatic heterocycles. The molecule has 4 rings (SSSR count). The number of hydrogen-bond donors (Lipinski definition) is 2. The van der Waals surface area contributed by atoms with E-state index in [1.807, 2.05) is 12.1 Å². The molecule has 6 heteroatoms. The van der Waals surface area contributed by atoms with Crippen molar-refractivity contribution >= 4 is 11.8 Å². The second-order valence-corrected chi connectivity index (χ2v) is 6.53. The zero-order chi connectivity index (χ0) is 15.9. The van der Waals surface area contributed by atoms with E-state index in [1.54, 1.807) is 0 Å². The van der Waals surface area contributed by atoms with Crippen LogP contribution in [0.3, 0.4) is 0 Å². The summed E-state index contributed by atoms with van der Waals surface area (Å²) in [4.78, 5) is 23.0. The summed E-state index contributed by atoms with van der Waals surface area (Å²) in [6, 6.07) is 5.84. The van der Waals surface area contributed by atoms with Crippen molar-refractivity contribution < 1.29 is 19.1 Å². The summed E-state index contributed by atoms with van der Waals surface area (Å²) in [7, 11) is 0. The van der Waals surface area contributed by atoms with Gasteiger partial charge in [-0.3, -0.25) is 14.9 Å². The summed E-state index contributed by atoms with van der Waals surface area (Å²) in [5.74, 6) is 0.874. The van der Waals surface area contributed by atoms with Crippen LogP contribution in [0.25, 0.3) is 0 Å². The molecular weight excluding hydrogens is 296 g/mol. The zero-order valence-electron chi connectivity index (χ0n) is 12.9. The summed E-state index contributed by atoms with van der Waals surface area (Å²) in [6.07, 6.45) is 2.27. The molecule has 0 radical (unpaired) electrons. The van der Waals surface area contributed by atoms with Gasteiger partial charge in [0.25, 0.3) is 5.91 Å². The van der Waals surface area contributed by atoms with E-state index in [9.17, 15) is 9.59 Å². The molecule has 2 amide bonds. The van der Waals surface area contributed by atoms with Gasteiger partial charge in [-0.05, 0) is 32.0 Å². The number of hydrogen-bond acceptors (Lipinski definition) is 5. The molecule has 3 aliphatic rings. The number of rotatable bonds is 2. The standard InChI is InChI=1S/C17H20N2O4/c20-15-4-3-13(16(21)19-15)23-11-1-2-12-14(9-11)22-10-17(12)5-7-18-8-6-17/h1-2,9,13,18H,3-8,10H2,(H,19,20,21)/t13-/m0/s1. The largest absolute Gasteiger partial charge is 0.492 e. The third-order valence-corrected chi connectivity index (χ3v) is 5.06. The third-order valence-electron chi connectivity index (χ3n) is 5.06. The molecule has 0 saturated carbocycles. The number of ether oxygens (including phenoxy) is 2. The number of piperidine rings is 2. The number of amides is 2. The second kappa shape index (κ2) is 5.53. The van der Waals surface area contributed by atoms with Crippen LogP contribution < -0.4 is 20.1 Å². The molecule has 1 spiro atoms. The lowest BCUT2D eigenvalue weighted by atomic mass is 9.75. The first-order valence-corrected chi connectivity index (χ1v) is 8.15. The van der Waals surface area contributed by atoms with Gasteiger partial charge < -0.3 is 14.8 Å². The average Bonchev–Trinajstić information content (AvgIpc) is 2.89. The molecule has 2 N–H and O–H groups in total. The van der Waals surface area contributed by atoms with Gasteiger partial charge in [0.05, 0.1) is 6.61 Å². The van der Waals surface area contributed by atoms with Crippen LogP contribution in [-0.4, -0.2) is 37.6 Å². The predicted molar refractivity (Wildman–Crippen MR) is 82.5 cm³/mol. The highest BCUT2D eigenvalue weighted by Gasteiger charge is 2.41. The van der Waals surface area contributed by atoms with Crippen molar-refractivity contribution in [2.24, 2.45) is 0 Å². The number of fused-ring (bicyclic) bond motifs is 2. The van der Waals surface area contributed by atoms with Crippen LogP contribution in [0.4, 0.5) is 0 Å². The van der Waals surface area contributed by atoms with Crippen LogP contribution in [0.15, 0.2) is 18.2 Å². The summed E-state index contributed by atoms with van der Waals surface area (Å²) >= 11 is 0. The fourth-order valence-electron chi connectivity index (χ4n) is 3.70. The monoisotopic (exact) mass is 316 g/mol. The first-order chi connectivity index (χ1) is 11.2. The minimum atomic E-state index is -0.611. The molecule has 1 aromatic rings. The van der Waals surface area contributed by atoms with Crippen LogP contribution in [0, 0.1) is 0 Å². The molecular formula is C17H20N2O4. The average molecular weight is 316 g/mol. The van der Waals surface area contributed by atoms with Gasteiger partial charge in [-0.1, -0.05) is 6.07 Å². The van der Waals surface area contributed by atoms with Crippen LogP contribution in [-0.2, 0) is 15.0 Å². The predicted octanol–water partition coefficient (Wildman–Crippen LogP) is 0.884. The van der Waals surface area contributed by atoms with Crippen molar-refractivity contribution in [2.45, 2.75) is 37.2 Å². The molecule has 23 heavy (non-hydrogen) atoms. The van der Waals surface area contributed by atoms with Crippen LogP contribution >= 0.6 is 0 Å². The van der Waals surface area contributed by atoms with Crippen LogP contribution in [0.1, 0.15) is 31.2 Å². The molecule has 6 nitrogen and oxygen atoms in total. The quantitative estimate of drug-likeness (QED) is 0.792. The van der Waals surface area contributed by atoms with Gasteiger partial charge in [0, 0.05) is 29.9 Å². The highest BCUT2D eigenvalue weighted by atomic mass is 16.5. The van der Waals surface area contributed by atoms with Crippen LogP contribution in [0.2, 0.25) is 0 Å². The Hall–Kier alpha value is -2.08. The lowest BCUT2D eigenvalue weighted by molar-refractivity contribution is -0.138. The first-order valence-electron chi connectivity index (χ1n) is 8.15. The smallest absolute Gasteiger partial charge is 0.267 e. The zero-order valence-corrected chi connectivity index (χ0v) is 12.9. The number of benzene rings is 1. The Bertz CT molecular complexity index is 652. The highest BCUT2D eigenvalue weighted by Crippen LogP contribution is 2.45. The second-order valence-electron chi connectivity index (χ2n) is 6.53. The van der Waals surface area contributed by atoms with Gasteiger partial charge in [0.2, 0.25) is 5.91 Å². The molecule has 2 saturated heterocycles. The van der Waals surface area contributed by atoms with Gasteiger partial charge in [-0.25, -0.2) is 0 Å². The number of nitrogens with one attached hydrogen (secondary N) is 2. The lowest BCUT2D eigenvalue weighted by Crippen LogP contribution is -2.46. The molecule has 3 heterocycles. The van der Waals surface area contributed by atoms with Crippen molar-refractivity contribution in [2.75, 3.05) is 19.7 Å². The van der Waals surface area contributed by atoms with Crippen molar-refractivity contribution in [3.05, 3.63) is 23.8 Å². The maximum Gasteiger partial charge on any atom is 0.267 e. The van der Waals surface area contributed by atoms with Crippen molar-refractivity contribution in [3.8, 4) is 11.5 Å². The minimum absolute atomic E-state index is 0.119. The molecule has 0 aromatic heterocycles.